The summed E-state index contributed by atoms with van der Waals surface area (Å²) in [4.78, 5) is 0. The quantitative estimate of drug-likeness (QED) is 0.831. The lowest BCUT2D eigenvalue weighted by Gasteiger charge is -2.15. The molecule has 0 spiro atoms. The third-order valence-electron chi connectivity index (χ3n) is 3.50. The van der Waals surface area contributed by atoms with E-state index in [1.807, 2.05) is 0 Å². The van der Waals surface area contributed by atoms with Gasteiger partial charge in [-0.25, -0.2) is 8.42 Å². The molecule has 1 aromatic carbocycles. The molecule has 0 aromatic heterocycles. The van der Waals surface area contributed by atoms with Crippen LogP contribution in [-0.4, -0.2) is 32.5 Å². The number of benzene rings is 1. The van der Waals surface area contributed by atoms with E-state index in [0.29, 0.717) is 29.8 Å². The molecule has 0 bridgehead atoms. The number of methoxy groups -OCH3 is 1. The molecule has 1 aromatic rings. The predicted molar refractivity (Wildman–Crippen MR) is 81.8 cm³/mol. The Hall–Kier alpha value is -1.71. The van der Waals surface area contributed by atoms with Crippen molar-refractivity contribution in [3.63, 3.8) is 0 Å². The Kier molecular flexibility index (Phi) is 5.10. The molecule has 1 saturated carbocycles. The summed E-state index contributed by atoms with van der Waals surface area (Å²) in [5.74, 6) is 5.74. The third-order valence-corrected chi connectivity index (χ3v) is 5.36. The maximum Gasteiger partial charge on any atom is 0.235 e. The highest BCUT2D eigenvalue weighted by atomic mass is 32.2. The lowest BCUT2D eigenvalue weighted by Crippen LogP contribution is -2.25. The fraction of sp³-hybridized carbons (Fsp3) is 0.467. The first-order valence-corrected chi connectivity index (χ1v) is 8.41. The predicted octanol–water partition coefficient (Wildman–Crippen LogP) is 1.72. The van der Waals surface area contributed by atoms with Crippen LogP contribution in [0.2, 0.25) is 0 Å². The number of ether oxygens (including phenoxy) is 1. The fourth-order valence-electron chi connectivity index (χ4n) is 2.44. The topological polar surface area (TPSA) is 75.6 Å². The van der Waals surface area contributed by atoms with Crippen molar-refractivity contribution < 1.29 is 18.3 Å². The number of rotatable bonds is 4. The van der Waals surface area contributed by atoms with Gasteiger partial charge in [0, 0.05) is 5.56 Å². The molecule has 1 aliphatic carbocycles. The van der Waals surface area contributed by atoms with Crippen LogP contribution < -0.4 is 9.46 Å². The van der Waals surface area contributed by atoms with Crippen molar-refractivity contribution in [1.29, 1.82) is 0 Å². The Balaban J connectivity index is 2.28. The maximum absolute atomic E-state index is 12.4. The van der Waals surface area contributed by atoms with Crippen LogP contribution in [0.5, 0.6) is 5.75 Å². The van der Waals surface area contributed by atoms with Gasteiger partial charge in [0.2, 0.25) is 10.0 Å². The number of aliphatic hydroxyl groups is 1. The average molecular weight is 309 g/mol. The summed E-state index contributed by atoms with van der Waals surface area (Å²) in [6.45, 7) is -0.241. The molecule has 0 aliphatic heterocycles. The Morgan fingerprint density at radius 1 is 1.38 bits per heavy atom. The van der Waals surface area contributed by atoms with E-state index in [4.69, 9.17) is 9.84 Å². The van der Waals surface area contributed by atoms with E-state index < -0.39 is 10.0 Å². The lowest BCUT2D eigenvalue weighted by molar-refractivity contribution is 0.350. The van der Waals surface area contributed by atoms with Crippen LogP contribution in [0, 0.1) is 11.8 Å². The van der Waals surface area contributed by atoms with Crippen LogP contribution in [0.25, 0.3) is 0 Å². The SMILES string of the molecule is COc1ccc(C#CCO)cc1NS(=O)(=O)C1CCCC1. The first-order chi connectivity index (χ1) is 10.1. The molecule has 21 heavy (non-hydrogen) atoms. The van der Waals surface area contributed by atoms with Crippen molar-refractivity contribution in [2.75, 3.05) is 18.4 Å². The second-order valence-corrected chi connectivity index (χ2v) is 6.89. The van der Waals surface area contributed by atoms with E-state index in [2.05, 4.69) is 16.6 Å². The monoisotopic (exact) mass is 309 g/mol. The molecule has 0 saturated heterocycles. The van der Waals surface area contributed by atoms with E-state index in [0.717, 1.165) is 12.8 Å². The molecule has 0 radical (unpaired) electrons. The Morgan fingerprint density at radius 3 is 2.71 bits per heavy atom. The first kappa shape index (κ1) is 15.7. The van der Waals surface area contributed by atoms with Crippen LogP contribution in [0.1, 0.15) is 31.2 Å². The van der Waals surface area contributed by atoms with Gasteiger partial charge in [-0.05, 0) is 31.0 Å². The van der Waals surface area contributed by atoms with Gasteiger partial charge in [-0.2, -0.15) is 0 Å². The third kappa shape index (κ3) is 3.90. The molecule has 0 amide bonds. The molecule has 5 nitrogen and oxygen atoms in total. The molecular formula is C15H19NO4S. The summed E-state index contributed by atoms with van der Waals surface area (Å²) in [7, 11) is -1.92. The van der Waals surface area contributed by atoms with Crippen molar-refractivity contribution in [2.24, 2.45) is 0 Å². The number of hydrogen-bond acceptors (Lipinski definition) is 4. The minimum Gasteiger partial charge on any atom is -0.495 e. The number of anilines is 1. The van der Waals surface area contributed by atoms with Gasteiger partial charge in [-0.1, -0.05) is 24.7 Å². The van der Waals surface area contributed by atoms with E-state index in [1.54, 1.807) is 18.2 Å². The molecule has 0 unspecified atom stereocenters. The van der Waals surface area contributed by atoms with E-state index in [-0.39, 0.29) is 11.9 Å². The van der Waals surface area contributed by atoms with Gasteiger partial charge >= 0.3 is 0 Å². The summed E-state index contributed by atoms with van der Waals surface area (Å²) in [6, 6.07) is 5.00. The van der Waals surface area contributed by atoms with Crippen molar-refractivity contribution >= 4 is 15.7 Å². The average Bonchev–Trinajstić information content (AvgIpc) is 3.00. The van der Waals surface area contributed by atoms with Crippen LogP contribution >= 0.6 is 0 Å². The summed E-state index contributed by atoms with van der Waals surface area (Å²) in [5, 5.41) is 8.38. The van der Waals surface area contributed by atoms with Crippen molar-refractivity contribution in [3.8, 4) is 17.6 Å². The highest BCUT2D eigenvalue weighted by molar-refractivity contribution is 7.93. The van der Waals surface area contributed by atoms with Gasteiger partial charge in [0.15, 0.2) is 0 Å². The van der Waals surface area contributed by atoms with Gasteiger partial charge in [0.25, 0.3) is 0 Å². The Bertz CT molecular complexity index is 652. The first-order valence-electron chi connectivity index (χ1n) is 6.86. The van der Waals surface area contributed by atoms with Gasteiger partial charge in [0.1, 0.15) is 12.4 Å². The molecule has 2 N–H and O–H groups in total. The minimum atomic E-state index is -3.41. The number of hydrogen-bond donors (Lipinski definition) is 2. The zero-order valence-electron chi connectivity index (χ0n) is 11.9. The number of aliphatic hydroxyl groups excluding tert-OH is 1. The minimum absolute atomic E-state index is 0.241. The van der Waals surface area contributed by atoms with Gasteiger partial charge in [-0.3, -0.25) is 4.72 Å². The number of nitrogens with one attached hydrogen (secondary N) is 1. The second kappa shape index (κ2) is 6.83. The van der Waals surface area contributed by atoms with E-state index in [9.17, 15) is 8.42 Å². The van der Waals surface area contributed by atoms with Crippen LogP contribution in [0.4, 0.5) is 5.69 Å². The van der Waals surface area contributed by atoms with E-state index >= 15 is 0 Å². The molecule has 6 heteroatoms. The summed E-state index contributed by atoms with van der Waals surface area (Å²) in [6.07, 6.45) is 3.29. The van der Waals surface area contributed by atoms with E-state index in [1.165, 1.54) is 7.11 Å². The van der Waals surface area contributed by atoms with Gasteiger partial charge < -0.3 is 9.84 Å². The Labute approximate surface area is 125 Å². The zero-order valence-corrected chi connectivity index (χ0v) is 12.7. The largest absolute Gasteiger partial charge is 0.495 e. The molecular weight excluding hydrogens is 290 g/mol. The molecule has 0 heterocycles. The zero-order chi connectivity index (χ0) is 15.3. The van der Waals surface area contributed by atoms with Gasteiger partial charge in [0.05, 0.1) is 18.0 Å². The highest BCUT2D eigenvalue weighted by Crippen LogP contribution is 2.30. The molecule has 1 fully saturated rings. The second-order valence-electron chi connectivity index (χ2n) is 4.93. The van der Waals surface area contributed by atoms with Crippen molar-refractivity contribution in [2.45, 2.75) is 30.9 Å². The maximum atomic E-state index is 12.4. The smallest absolute Gasteiger partial charge is 0.235 e. The summed E-state index contributed by atoms with van der Waals surface area (Å²) < 4.78 is 32.5. The van der Waals surface area contributed by atoms with Crippen LogP contribution in [0.3, 0.4) is 0 Å². The van der Waals surface area contributed by atoms with Gasteiger partial charge in [-0.15, -0.1) is 0 Å². The lowest BCUT2D eigenvalue weighted by atomic mass is 10.2. The summed E-state index contributed by atoms with van der Waals surface area (Å²) >= 11 is 0. The fourth-order valence-corrected chi connectivity index (χ4v) is 4.03. The normalized spacial score (nSPS) is 15.3. The molecule has 114 valence electrons. The van der Waals surface area contributed by atoms with Crippen molar-refractivity contribution in [3.05, 3.63) is 23.8 Å². The molecule has 0 atom stereocenters. The van der Waals surface area contributed by atoms with Crippen molar-refractivity contribution in [1.82, 2.24) is 0 Å². The standard InChI is InChI=1S/C15H19NO4S/c1-20-15-9-8-12(5-4-10-17)11-14(15)16-21(18,19)13-6-2-3-7-13/h8-9,11,13,16-17H,2-3,6-7,10H2,1H3. The van der Waals surface area contributed by atoms with Crippen LogP contribution in [0.15, 0.2) is 18.2 Å². The Morgan fingerprint density at radius 2 is 2.10 bits per heavy atom. The van der Waals surface area contributed by atoms with Crippen LogP contribution in [-0.2, 0) is 10.0 Å². The highest BCUT2D eigenvalue weighted by Gasteiger charge is 2.29. The summed E-state index contributed by atoms with van der Waals surface area (Å²) in [5.41, 5.74) is 1.00. The number of sulfonamides is 1. The molecule has 1 aliphatic rings. The molecule has 2 rings (SSSR count).